The maximum absolute atomic E-state index is 12.9. The molecule has 2 aromatic rings. The van der Waals surface area contributed by atoms with Gasteiger partial charge in [-0.3, -0.25) is 9.59 Å². The molecule has 3 heterocycles. The number of amides is 2. The molecule has 0 bridgehead atoms. The van der Waals surface area contributed by atoms with Crippen LogP contribution in [0.2, 0.25) is 0 Å². The average molecular weight is 396 g/mol. The van der Waals surface area contributed by atoms with Crippen molar-refractivity contribution in [3.8, 4) is 5.75 Å². The quantitative estimate of drug-likeness (QED) is 0.814. The van der Waals surface area contributed by atoms with Gasteiger partial charge in [-0.2, -0.15) is 0 Å². The number of methoxy groups -OCH3 is 1. The standard InChI is InChI=1S/C22H28N4O3/c1-29-17-8-6-7-16(15-17)10-11-23-21(27)20-24-19(18-9-2-3-14-26(18)20)22(28)25-12-4-5-13-25/h6-8,15H,2-5,9-14H2,1H3,(H,23,27). The summed E-state index contributed by atoms with van der Waals surface area (Å²) in [7, 11) is 1.64. The molecule has 0 unspecified atom stereocenters. The van der Waals surface area contributed by atoms with Gasteiger partial charge in [0.05, 0.1) is 12.8 Å². The van der Waals surface area contributed by atoms with Crippen molar-refractivity contribution >= 4 is 11.8 Å². The van der Waals surface area contributed by atoms with E-state index in [1.807, 2.05) is 33.7 Å². The molecule has 0 radical (unpaired) electrons. The number of hydrogen-bond acceptors (Lipinski definition) is 4. The van der Waals surface area contributed by atoms with Crippen LogP contribution in [0.15, 0.2) is 24.3 Å². The highest BCUT2D eigenvalue weighted by atomic mass is 16.5. The average Bonchev–Trinajstić information content (AvgIpc) is 3.42. The lowest BCUT2D eigenvalue weighted by Crippen LogP contribution is -2.29. The monoisotopic (exact) mass is 396 g/mol. The third kappa shape index (κ3) is 4.13. The molecule has 0 atom stereocenters. The van der Waals surface area contributed by atoms with Gasteiger partial charge >= 0.3 is 0 Å². The molecule has 1 fully saturated rings. The lowest BCUT2D eigenvalue weighted by Gasteiger charge is -2.18. The molecule has 0 saturated carbocycles. The van der Waals surface area contributed by atoms with Gasteiger partial charge in [-0.15, -0.1) is 0 Å². The summed E-state index contributed by atoms with van der Waals surface area (Å²) in [6.45, 7) is 2.82. The zero-order chi connectivity index (χ0) is 20.2. The lowest BCUT2D eigenvalue weighted by molar-refractivity contribution is 0.0786. The summed E-state index contributed by atoms with van der Waals surface area (Å²) in [5.74, 6) is 0.939. The second-order valence-corrected chi connectivity index (χ2v) is 7.70. The number of hydrogen-bond donors (Lipinski definition) is 1. The van der Waals surface area contributed by atoms with Gasteiger partial charge in [-0.25, -0.2) is 4.98 Å². The molecule has 1 saturated heterocycles. The first-order valence-electron chi connectivity index (χ1n) is 10.5. The number of fused-ring (bicyclic) bond motifs is 1. The summed E-state index contributed by atoms with van der Waals surface area (Å²) in [5, 5.41) is 2.97. The highest BCUT2D eigenvalue weighted by Crippen LogP contribution is 2.23. The van der Waals surface area contributed by atoms with E-state index < -0.39 is 0 Å². The first-order valence-corrected chi connectivity index (χ1v) is 10.5. The van der Waals surface area contributed by atoms with E-state index in [2.05, 4.69) is 10.3 Å². The van der Waals surface area contributed by atoms with E-state index in [9.17, 15) is 9.59 Å². The van der Waals surface area contributed by atoms with Crippen molar-refractivity contribution in [3.05, 3.63) is 47.0 Å². The molecule has 4 rings (SSSR count). The van der Waals surface area contributed by atoms with Crippen LogP contribution in [0.25, 0.3) is 0 Å². The van der Waals surface area contributed by atoms with Crippen LogP contribution < -0.4 is 10.1 Å². The number of nitrogens with zero attached hydrogens (tertiary/aromatic N) is 3. The van der Waals surface area contributed by atoms with Gasteiger partial charge in [0, 0.05) is 26.2 Å². The van der Waals surface area contributed by atoms with E-state index in [1.165, 1.54) is 0 Å². The number of nitrogens with one attached hydrogen (secondary N) is 1. The Balaban J connectivity index is 1.47. The van der Waals surface area contributed by atoms with E-state index in [1.54, 1.807) is 7.11 Å². The number of benzene rings is 1. The van der Waals surface area contributed by atoms with Crippen molar-refractivity contribution in [3.63, 3.8) is 0 Å². The molecule has 1 N–H and O–H groups in total. The van der Waals surface area contributed by atoms with Crippen molar-refractivity contribution in [1.82, 2.24) is 19.8 Å². The number of carbonyl (C=O) groups excluding carboxylic acids is 2. The summed E-state index contributed by atoms with van der Waals surface area (Å²) >= 11 is 0. The molecule has 2 aliphatic rings. The Hall–Kier alpha value is -2.83. The second kappa shape index (κ2) is 8.68. The molecule has 1 aromatic carbocycles. The summed E-state index contributed by atoms with van der Waals surface area (Å²) in [5.41, 5.74) is 2.50. The van der Waals surface area contributed by atoms with Gasteiger partial charge in [0.25, 0.3) is 11.8 Å². The Morgan fingerprint density at radius 3 is 2.72 bits per heavy atom. The fraction of sp³-hybridized carbons (Fsp3) is 0.500. The summed E-state index contributed by atoms with van der Waals surface area (Å²) in [4.78, 5) is 32.2. The molecule has 0 aliphatic carbocycles. The first-order chi connectivity index (χ1) is 14.2. The SMILES string of the molecule is COc1cccc(CCNC(=O)c2nc(C(=O)N3CCCC3)c3n2CCCC3)c1. The largest absolute Gasteiger partial charge is 0.497 e. The number of carbonyl (C=O) groups is 2. The Kier molecular flexibility index (Phi) is 5.83. The van der Waals surface area contributed by atoms with E-state index in [4.69, 9.17) is 4.74 Å². The smallest absolute Gasteiger partial charge is 0.287 e. The molecule has 7 nitrogen and oxygen atoms in total. The molecule has 2 amide bonds. The van der Waals surface area contributed by atoms with Gasteiger partial charge in [-0.05, 0) is 56.2 Å². The Morgan fingerprint density at radius 2 is 1.93 bits per heavy atom. The minimum Gasteiger partial charge on any atom is -0.497 e. The Morgan fingerprint density at radius 1 is 1.14 bits per heavy atom. The predicted molar refractivity (Wildman–Crippen MR) is 109 cm³/mol. The fourth-order valence-corrected chi connectivity index (χ4v) is 4.19. The van der Waals surface area contributed by atoms with Crippen molar-refractivity contribution in [2.75, 3.05) is 26.7 Å². The zero-order valence-electron chi connectivity index (χ0n) is 16.9. The number of likely N-dealkylation sites (tertiary alicyclic amines) is 1. The van der Waals surface area contributed by atoms with Gasteiger partial charge in [0.2, 0.25) is 0 Å². The minimum absolute atomic E-state index is 0.0245. The molecule has 0 spiro atoms. The second-order valence-electron chi connectivity index (χ2n) is 7.70. The third-order valence-electron chi connectivity index (χ3n) is 5.75. The van der Waals surface area contributed by atoms with Crippen molar-refractivity contribution < 1.29 is 14.3 Å². The molecule has 1 aromatic heterocycles. The molecular formula is C22H28N4O3. The molecule has 29 heavy (non-hydrogen) atoms. The highest BCUT2D eigenvalue weighted by Gasteiger charge is 2.30. The lowest BCUT2D eigenvalue weighted by atomic mass is 10.1. The molecule has 154 valence electrons. The van der Waals surface area contributed by atoms with Gasteiger partial charge in [0.1, 0.15) is 11.4 Å². The Labute approximate surface area is 171 Å². The van der Waals surface area contributed by atoms with Crippen LogP contribution in [0.5, 0.6) is 5.75 Å². The van der Waals surface area contributed by atoms with Crippen LogP contribution >= 0.6 is 0 Å². The zero-order valence-corrected chi connectivity index (χ0v) is 16.9. The van der Waals surface area contributed by atoms with Crippen LogP contribution in [0.1, 0.15) is 58.0 Å². The summed E-state index contributed by atoms with van der Waals surface area (Å²) < 4.78 is 7.20. The third-order valence-corrected chi connectivity index (χ3v) is 5.75. The van der Waals surface area contributed by atoms with Crippen LogP contribution in [0, 0.1) is 0 Å². The van der Waals surface area contributed by atoms with E-state index >= 15 is 0 Å². The topological polar surface area (TPSA) is 76.5 Å². The van der Waals surface area contributed by atoms with E-state index in [-0.39, 0.29) is 11.8 Å². The first kappa shape index (κ1) is 19.5. The number of ether oxygens (including phenoxy) is 1. The van der Waals surface area contributed by atoms with Gasteiger partial charge < -0.3 is 19.5 Å². The molecular weight excluding hydrogens is 368 g/mol. The number of rotatable bonds is 6. The van der Waals surface area contributed by atoms with Crippen LogP contribution in [-0.4, -0.2) is 53.0 Å². The van der Waals surface area contributed by atoms with Crippen molar-refractivity contribution in [2.45, 2.75) is 45.1 Å². The maximum atomic E-state index is 12.9. The van der Waals surface area contributed by atoms with Crippen LogP contribution in [0.4, 0.5) is 0 Å². The predicted octanol–water partition coefficient (Wildman–Crippen LogP) is 2.44. The number of imidazole rings is 1. The van der Waals surface area contributed by atoms with Crippen molar-refractivity contribution in [1.29, 1.82) is 0 Å². The minimum atomic E-state index is -0.212. The number of aromatic nitrogens is 2. The van der Waals surface area contributed by atoms with E-state index in [0.29, 0.717) is 24.5 Å². The highest BCUT2D eigenvalue weighted by molar-refractivity contribution is 5.97. The molecule has 7 heteroatoms. The van der Waals surface area contributed by atoms with Gasteiger partial charge in [-0.1, -0.05) is 12.1 Å². The fourth-order valence-electron chi connectivity index (χ4n) is 4.19. The van der Waals surface area contributed by atoms with Crippen LogP contribution in [0.3, 0.4) is 0 Å². The van der Waals surface area contributed by atoms with Crippen molar-refractivity contribution in [2.24, 2.45) is 0 Å². The van der Waals surface area contributed by atoms with Crippen LogP contribution in [-0.2, 0) is 19.4 Å². The normalized spacial score (nSPS) is 15.8. The van der Waals surface area contributed by atoms with Gasteiger partial charge in [0.15, 0.2) is 5.82 Å². The van der Waals surface area contributed by atoms with E-state index in [0.717, 1.165) is 68.7 Å². The summed E-state index contributed by atoms with van der Waals surface area (Å²) in [6.07, 6.45) is 5.63. The molecule has 2 aliphatic heterocycles. The Bertz CT molecular complexity index is 899. The summed E-state index contributed by atoms with van der Waals surface area (Å²) in [6, 6.07) is 7.82. The maximum Gasteiger partial charge on any atom is 0.287 e.